The number of hydrogen-bond acceptors (Lipinski definition) is 3. The van der Waals surface area contributed by atoms with Crippen molar-refractivity contribution < 1.29 is 9.84 Å². The molecule has 0 aliphatic carbocycles. The van der Waals surface area contributed by atoms with E-state index < -0.39 is 6.10 Å². The number of hydrogen-bond donors (Lipinski definition) is 2. The molecule has 0 aromatic heterocycles. The highest BCUT2D eigenvalue weighted by atomic mass is 127. The zero-order valence-electron chi connectivity index (χ0n) is 11.6. The fourth-order valence-corrected chi connectivity index (χ4v) is 2.07. The minimum Gasteiger partial charge on any atom is -0.389 e. The molecule has 0 heterocycles. The van der Waals surface area contributed by atoms with E-state index in [0.717, 1.165) is 18.7 Å². The average Bonchev–Trinajstić information content (AvgIpc) is 2.42. The molecule has 108 valence electrons. The van der Waals surface area contributed by atoms with Crippen LogP contribution in [0, 0.1) is 3.57 Å². The van der Waals surface area contributed by atoms with Gasteiger partial charge in [0.2, 0.25) is 0 Å². The predicted molar refractivity (Wildman–Crippen MR) is 88.6 cm³/mol. The average molecular weight is 377 g/mol. The van der Waals surface area contributed by atoms with Crippen LogP contribution in [0.3, 0.4) is 0 Å². The summed E-state index contributed by atoms with van der Waals surface area (Å²) in [6.07, 6.45) is 4.35. The van der Waals surface area contributed by atoms with Crippen molar-refractivity contribution in [1.82, 2.24) is 0 Å². The van der Waals surface area contributed by atoms with E-state index in [4.69, 9.17) is 4.74 Å². The molecule has 0 aliphatic rings. The van der Waals surface area contributed by atoms with Gasteiger partial charge in [-0.25, -0.2) is 0 Å². The van der Waals surface area contributed by atoms with E-state index in [1.807, 2.05) is 24.3 Å². The lowest BCUT2D eigenvalue weighted by atomic mass is 10.2. The normalized spacial score (nSPS) is 12.4. The van der Waals surface area contributed by atoms with Crippen molar-refractivity contribution in [2.45, 2.75) is 38.7 Å². The van der Waals surface area contributed by atoms with Crippen LogP contribution in [-0.2, 0) is 4.74 Å². The zero-order valence-corrected chi connectivity index (χ0v) is 13.7. The Morgan fingerprint density at radius 2 is 1.95 bits per heavy atom. The van der Waals surface area contributed by atoms with Crippen LogP contribution in [0.1, 0.15) is 32.6 Å². The second-order valence-corrected chi connectivity index (χ2v) is 5.92. The first-order valence-electron chi connectivity index (χ1n) is 6.97. The van der Waals surface area contributed by atoms with Crippen LogP contribution in [0.4, 0.5) is 5.69 Å². The molecule has 0 aliphatic heterocycles. The van der Waals surface area contributed by atoms with Crippen LogP contribution in [0.2, 0.25) is 0 Å². The Kier molecular flexibility index (Phi) is 9.20. The van der Waals surface area contributed by atoms with Crippen molar-refractivity contribution in [2.75, 3.05) is 25.1 Å². The number of nitrogens with one attached hydrogen (secondary N) is 1. The molecule has 0 radical (unpaired) electrons. The summed E-state index contributed by atoms with van der Waals surface area (Å²) < 4.78 is 6.67. The maximum Gasteiger partial charge on any atom is 0.0945 e. The smallest absolute Gasteiger partial charge is 0.0945 e. The predicted octanol–water partition coefficient (Wildman–Crippen LogP) is 3.66. The van der Waals surface area contributed by atoms with Gasteiger partial charge in [0.05, 0.1) is 12.7 Å². The number of aliphatic hydroxyl groups excluding tert-OH is 1. The molecule has 1 aromatic carbocycles. The molecule has 2 N–H and O–H groups in total. The van der Waals surface area contributed by atoms with Gasteiger partial charge in [-0.05, 0) is 53.3 Å². The van der Waals surface area contributed by atoms with Gasteiger partial charge in [0, 0.05) is 22.4 Å². The Bertz CT molecular complexity index is 329. The molecule has 4 heteroatoms. The van der Waals surface area contributed by atoms with Crippen LogP contribution in [-0.4, -0.2) is 31.0 Å². The highest BCUT2D eigenvalue weighted by Gasteiger charge is 2.03. The highest BCUT2D eigenvalue weighted by molar-refractivity contribution is 14.1. The number of ether oxygens (including phenoxy) is 1. The van der Waals surface area contributed by atoms with Crippen LogP contribution in [0.15, 0.2) is 24.3 Å². The zero-order chi connectivity index (χ0) is 13.9. The van der Waals surface area contributed by atoms with Crippen LogP contribution in [0.25, 0.3) is 0 Å². The van der Waals surface area contributed by atoms with Gasteiger partial charge in [-0.2, -0.15) is 0 Å². The first-order chi connectivity index (χ1) is 9.22. The molecule has 0 amide bonds. The van der Waals surface area contributed by atoms with Gasteiger partial charge < -0.3 is 15.2 Å². The van der Waals surface area contributed by atoms with Crippen LogP contribution < -0.4 is 5.32 Å². The van der Waals surface area contributed by atoms with E-state index in [0.29, 0.717) is 13.2 Å². The highest BCUT2D eigenvalue weighted by Crippen LogP contribution is 2.10. The molecule has 3 nitrogen and oxygen atoms in total. The molecule has 1 rings (SSSR count). The molecule has 0 bridgehead atoms. The Morgan fingerprint density at radius 3 is 2.63 bits per heavy atom. The molecular formula is C15H24INO2. The Labute approximate surface area is 129 Å². The van der Waals surface area contributed by atoms with Crippen molar-refractivity contribution in [3.8, 4) is 0 Å². The molecule has 1 unspecified atom stereocenters. The van der Waals surface area contributed by atoms with Crippen molar-refractivity contribution in [3.05, 3.63) is 27.8 Å². The summed E-state index contributed by atoms with van der Waals surface area (Å²) >= 11 is 2.27. The van der Waals surface area contributed by atoms with Crippen molar-refractivity contribution in [2.24, 2.45) is 0 Å². The van der Waals surface area contributed by atoms with E-state index in [2.05, 4.69) is 34.8 Å². The lowest BCUT2D eigenvalue weighted by Gasteiger charge is -2.13. The summed E-state index contributed by atoms with van der Waals surface area (Å²) in [4.78, 5) is 0. The van der Waals surface area contributed by atoms with Crippen molar-refractivity contribution in [3.63, 3.8) is 0 Å². The monoisotopic (exact) mass is 377 g/mol. The summed E-state index contributed by atoms with van der Waals surface area (Å²) in [5, 5.41) is 13.0. The van der Waals surface area contributed by atoms with E-state index in [1.165, 1.54) is 22.8 Å². The van der Waals surface area contributed by atoms with E-state index in [-0.39, 0.29) is 0 Å². The molecule has 0 saturated carbocycles. The van der Waals surface area contributed by atoms with Crippen molar-refractivity contribution in [1.29, 1.82) is 0 Å². The third-order valence-electron chi connectivity index (χ3n) is 2.84. The molecule has 0 spiro atoms. The quantitative estimate of drug-likeness (QED) is 0.483. The van der Waals surface area contributed by atoms with Gasteiger partial charge in [-0.1, -0.05) is 26.2 Å². The van der Waals surface area contributed by atoms with E-state index in [1.54, 1.807) is 0 Å². The van der Waals surface area contributed by atoms with Gasteiger partial charge in [0.1, 0.15) is 0 Å². The maximum absolute atomic E-state index is 9.78. The van der Waals surface area contributed by atoms with Crippen LogP contribution >= 0.6 is 22.6 Å². The summed E-state index contributed by atoms with van der Waals surface area (Å²) in [7, 11) is 0. The summed E-state index contributed by atoms with van der Waals surface area (Å²) in [6, 6.07) is 8.11. The van der Waals surface area contributed by atoms with E-state index >= 15 is 0 Å². The van der Waals surface area contributed by atoms with Gasteiger partial charge in [0.15, 0.2) is 0 Å². The SMILES string of the molecule is CCCCCCOCC(O)CNc1ccc(I)cc1. The van der Waals surface area contributed by atoms with Crippen molar-refractivity contribution >= 4 is 28.3 Å². The number of benzene rings is 1. The standard InChI is InChI=1S/C15H24INO2/c1-2-3-4-5-10-19-12-15(18)11-17-14-8-6-13(16)7-9-14/h6-9,15,17-18H,2-5,10-12H2,1H3. The molecule has 1 aromatic rings. The van der Waals surface area contributed by atoms with Gasteiger partial charge in [-0.15, -0.1) is 0 Å². The molecule has 19 heavy (non-hydrogen) atoms. The summed E-state index contributed by atoms with van der Waals surface area (Å²) in [5.41, 5.74) is 1.03. The summed E-state index contributed by atoms with van der Waals surface area (Å²) in [6.45, 7) is 3.88. The minimum atomic E-state index is -0.453. The number of halogens is 1. The minimum absolute atomic E-state index is 0.406. The summed E-state index contributed by atoms with van der Waals surface area (Å²) in [5.74, 6) is 0. The first-order valence-corrected chi connectivity index (χ1v) is 8.05. The lowest BCUT2D eigenvalue weighted by molar-refractivity contribution is 0.0417. The number of aliphatic hydroxyl groups is 1. The first kappa shape index (κ1) is 16.7. The molecule has 0 saturated heterocycles. The molecular weight excluding hydrogens is 353 g/mol. The fourth-order valence-electron chi connectivity index (χ4n) is 1.71. The number of unbranched alkanes of at least 4 members (excludes halogenated alkanes) is 3. The van der Waals surface area contributed by atoms with Gasteiger partial charge in [-0.3, -0.25) is 0 Å². The fraction of sp³-hybridized carbons (Fsp3) is 0.600. The molecule has 1 atom stereocenters. The lowest BCUT2D eigenvalue weighted by Crippen LogP contribution is -2.25. The number of anilines is 1. The van der Waals surface area contributed by atoms with E-state index in [9.17, 15) is 5.11 Å². The van der Waals surface area contributed by atoms with Gasteiger partial charge >= 0.3 is 0 Å². The topological polar surface area (TPSA) is 41.5 Å². The Balaban J connectivity index is 2.04. The number of rotatable bonds is 10. The Morgan fingerprint density at radius 1 is 1.21 bits per heavy atom. The largest absolute Gasteiger partial charge is 0.389 e. The molecule has 0 fully saturated rings. The Hall–Kier alpha value is -0.330. The second kappa shape index (κ2) is 10.5. The second-order valence-electron chi connectivity index (χ2n) is 4.68. The van der Waals surface area contributed by atoms with Gasteiger partial charge in [0.25, 0.3) is 0 Å². The maximum atomic E-state index is 9.78. The third-order valence-corrected chi connectivity index (χ3v) is 3.56. The van der Waals surface area contributed by atoms with Crippen LogP contribution in [0.5, 0.6) is 0 Å². The third kappa shape index (κ3) is 8.44.